The van der Waals surface area contributed by atoms with E-state index in [0.29, 0.717) is 43.2 Å². The first-order valence-electron chi connectivity index (χ1n) is 12.0. The Hall–Kier alpha value is -3.81. The summed E-state index contributed by atoms with van der Waals surface area (Å²) < 4.78 is 19.4. The van der Waals surface area contributed by atoms with E-state index in [1.54, 1.807) is 24.5 Å². The van der Waals surface area contributed by atoms with Crippen molar-refractivity contribution >= 4 is 11.8 Å². The number of hydrogen-bond donors (Lipinski definition) is 0. The van der Waals surface area contributed by atoms with Gasteiger partial charge in [-0.05, 0) is 49.1 Å². The lowest BCUT2D eigenvalue weighted by atomic mass is 9.93. The van der Waals surface area contributed by atoms with Crippen LogP contribution in [0, 0.1) is 5.82 Å². The standard InChI is InChI=1S/C27H27FN4O3/c28-22-6-2-7-23(17-22)35-26-25(29-11-12-30-26)20-9-14-31(15-10-20)27(34)21-5-1-4-19(16-21)18-32-13-3-8-24(32)33/h1-2,4-7,11-12,16-17,20H,3,8-10,13-15,18H2. The van der Waals surface area contributed by atoms with Crippen molar-refractivity contribution in [3.63, 3.8) is 0 Å². The number of benzene rings is 2. The number of rotatable bonds is 6. The van der Waals surface area contributed by atoms with Crippen LogP contribution in [-0.2, 0) is 11.3 Å². The Morgan fingerprint density at radius 1 is 1.03 bits per heavy atom. The predicted molar refractivity (Wildman–Crippen MR) is 127 cm³/mol. The zero-order valence-electron chi connectivity index (χ0n) is 19.4. The van der Waals surface area contributed by atoms with E-state index in [-0.39, 0.29) is 23.5 Å². The van der Waals surface area contributed by atoms with Gasteiger partial charge in [-0.15, -0.1) is 0 Å². The van der Waals surface area contributed by atoms with Gasteiger partial charge in [0.1, 0.15) is 17.3 Å². The maximum Gasteiger partial charge on any atom is 0.253 e. The first-order chi connectivity index (χ1) is 17.1. The molecule has 8 heteroatoms. The van der Waals surface area contributed by atoms with Crippen LogP contribution in [0.3, 0.4) is 0 Å². The molecule has 1 aromatic heterocycles. The Balaban J connectivity index is 1.23. The summed E-state index contributed by atoms with van der Waals surface area (Å²) in [5.41, 5.74) is 2.34. The molecule has 2 aliphatic heterocycles. The first kappa shape index (κ1) is 23.0. The number of piperidine rings is 1. The van der Waals surface area contributed by atoms with Gasteiger partial charge in [0.15, 0.2) is 0 Å². The van der Waals surface area contributed by atoms with Crippen LogP contribution >= 0.6 is 0 Å². The Kier molecular flexibility index (Phi) is 6.70. The van der Waals surface area contributed by atoms with Crippen LogP contribution in [0.2, 0.25) is 0 Å². The molecule has 0 aliphatic carbocycles. The van der Waals surface area contributed by atoms with Gasteiger partial charge < -0.3 is 14.5 Å². The van der Waals surface area contributed by atoms with E-state index >= 15 is 0 Å². The second kappa shape index (κ2) is 10.2. The Morgan fingerprint density at radius 2 is 1.83 bits per heavy atom. The smallest absolute Gasteiger partial charge is 0.253 e. The molecular formula is C27H27FN4O3. The minimum Gasteiger partial charge on any atom is -0.437 e. The van der Waals surface area contributed by atoms with E-state index in [9.17, 15) is 14.0 Å². The monoisotopic (exact) mass is 474 g/mol. The van der Waals surface area contributed by atoms with Crippen LogP contribution in [0.5, 0.6) is 11.6 Å². The van der Waals surface area contributed by atoms with Crippen LogP contribution in [0.15, 0.2) is 60.9 Å². The van der Waals surface area contributed by atoms with Crippen molar-refractivity contribution in [2.24, 2.45) is 0 Å². The van der Waals surface area contributed by atoms with Gasteiger partial charge in [-0.25, -0.2) is 9.37 Å². The molecule has 2 amide bonds. The lowest BCUT2D eigenvalue weighted by Gasteiger charge is -2.32. The van der Waals surface area contributed by atoms with Gasteiger partial charge in [0.05, 0.1) is 0 Å². The van der Waals surface area contributed by atoms with Gasteiger partial charge in [-0.3, -0.25) is 14.6 Å². The second-order valence-corrected chi connectivity index (χ2v) is 8.99. The van der Waals surface area contributed by atoms with Crippen LogP contribution < -0.4 is 4.74 Å². The summed E-state index contributed by atoms with van der Waals surface area (Å²) in [5.74, 6) is 0.614. The van der Waals surface area contributed by atoms with E-state index in [1.165, 1.54) is 12.1 Å². The molecule has 3 heterocycles. The highest BCUT2D eigenvalue weighted by Gasteiger charge is 2.28. The zero-order valence-corrected chi connectivity index (χ0v) is 19.4. The van der Waals surface area contributed by atoms with Gasteiger partial charge in [-0.2, -0.15) is 0 Å². The lowest BCUT2D eigenvalue weighted by molar-refractivity contribution is -0.128. The quantitative estimate of drug-likeness (QED) is 0.524. The average Bonchev–Trinajstić information content (AvgIpc) is 3.28. The summed E-state index contributed by atoms with van der Waals surface area (Å²) >= 11 is 0. The van der Waals surface area contributed by atoms with Crippen LogP contribution in [0.4, 0.5) is 4.39 Å². The van der Waals surface area contributed by atoms with Crippen molar-refractivity contribution in [3.8, 4) is 11.6 Å². The minimum absolute atomic E-state index is 0.00608. The van der Waals surface area contributed by atoms with Gasteiger partial charge in [0, 0.05) is 62.5 Å². The zero-order chi connectivity index (χ0) is 24.2. The third kappa shape index (κ3) is 5.31. The van der Waals surface area contributed by atoms with Crippen molar-refractivity contribution in [2.45, 2.75) is 38.1 Å². The molecule has 0 radical (unpaired) electrons. The molecule has 3 aromatic rings. The van der Waals surface area contributed by atoms with Gasteiger partial charge in [0.25, 0.3) is 5.91 Å². The van der Waals surface area contributed by atoms with E-state index in [1.807, 2.05) is 34.1 Å². The molecule has 180 valence electrons. The van der Waals surface area contributed by atoms with E-state index in [0.717, 1.165) is 37.1 Å². The Labute approximate surface area is 203 Å². The average molecular weight is 475 g/mol. The second-order valence-electron chi connectivity index (χ2n) is 8.99. The number of halogens is 1. The number of likely N-dealkylation sites (tertiary alicyclic amines) is 2. The number of hydrogen-bond acceptors (Lipinski definition) is 5. The number of carbonyl (C=O) groups is 2. The maximum absolute atomic E-state index is 13.6. The molecule has 2 aromatic carbocycles. The highest BCUT2D eigenvalue weighted by molar-refractivity contribution is 5.94. The third-order valence-electron chi connectivity index (χ3n) is 6.59. The molecule has 0 saturated carbocycles. The van der Waals surface area contributed by atoms with Gasteiger partial charge >= 0.3 is 0 Å². The Morgan fingerprint density at radius 3 is 2.60 bits per heavy atom. The maximum atomic E-state index is 13.6. The van der Waals surface area contributed by atoms with Crippen LogP contribution in [0.1, 0.15) is 53.2 Å². The van der Waals surface area contributed by atoms with E-state index in [4.69, 9.17) is 4.74 Å². The normalized spacial score (nSPS) is 16.5. The molecule has 7 nitrogen and oxygen atoms in total. The SMILES string of the molecule is O=C1CCCN1Cc1cccc(C(=O)N2CCC(c3nccnc3Oc3cccc(F)c3)CC2)c1. The molecule has 0 bridgehead atoms. The van der Waals surface area contributed by atoms with Crippen LogP contribution in [0.25, 0.3) is 0 Å². The molecule has 5 rings (SSSR count). The summed E-state index contributed by atoms with van der Waals surface area (Å²) in [7, 11) is 0. The van der Waals surface area contributed by atoms with Crippen molar-refractivity contribution < 1.29 is 18.7 Å². The van der Waals surface area contributed by atoms with Crippen molar-refractivity contribution in [3.05, 3.63) is 83.6 Å². The van der Waals surface area contributed by atoms with E-state index < -0.39 is 0 Å². The van der Waals surface area contributed by atoms with Gasteiger partial charge in [0.2, 0.25) is 11.8 Å². The third-order valence-corrected chi connectivity index (χ3v) is 6.59. The van der Waals surface area contributed by atoms with Crippen molar-refractivity contribution in [1.82, 2.24) is 19.8 Å². The fourth-order valence-electron chi connectivity index (χ4n) is 4.77. The molecule has 0 atom stereocenters. The summed E-state index contributed by atoms with van der Waals surface area (Å²) in [5, 5.41) is 0. The minimum atomic E-state index is -0.379. The predicted octanol–water partition coefficient (Wildman–Crippen LogP) is 4.55. The number of amides is 2. The molecule has 2 fully saturated rings. The lowest BCUT2D eigenvalue weighted by Crippen LogP contribution is -2.38. The number of ether oxygens (including phenoxy) is 1. The van der Waals surface area contributed by atoms with E-state index in [2.05, 4.69) is 9.97 Å². The molecule has 0 unspecified atom stereocenters. The summed E-state index contributed by atoms with van der Waals surface area (Å²) in [6.07, 6.45) is 6.14. The highest BCUT2D eigenvalue weighted by atomic mass is 19.1. The Bertz CT molecular complexity index is 1230. The molecule has 0 N–H and O–H groups in total. The number of carbonyl (C=O) groups excluding carboxylic acids is 2. The van der Waals surface area contributed by atoms with Crippen LogP contribution in [-0.4, -0.2) is 51.2 Å². The topological polar surface area (TPSA) is 75.6 Å². The number of nitrogens with zero attached hydrogens (tertiary/aromatic N) is 4. The molecule has 2 saturated heterocycles. The fraction of sp³-hybridized carbons (Fsp3) is 0.333. The largest absolute Gasteiger partial charge is 0.437 e. The fourth-order valence-corrected chi connectivity index (χ4v) is 4.77. The summed E-state index contributed by atoms with van der Waals surface area (Å²) in [6, 6.07) is 13.5. The van der Waals surface area contributed by atoms with Crippen molar-refractivity contribution in [1.29, 1.82) is 0 Å². The summed E-state index contributed by atoms with van der Waals surface area (Å²) in [4.78, 5) is 37.7. The molecule has 2 aliphatic rings. The highest BCUT2D eigenvalue weighted by Crippen LogP contribution is 2.34. The molecular weight excluding hydrogens is 447 g/mol. The molecule has 35 heavy (non-hydrogen) atoms. The molecule has 0 spiro atoms. The van der Waals surface area contributed by atoms with Crippen molar-refractivity contribution in [2.75, 3.05) is 19.6 Å². The first-order valence-corrected chi connectivity index (χ1v) is 12.0. The summed E-state index contributed by atoms with van der Waals surface area (Å²) in [6.45, 7) is 2.50. The van der Waals surface area contributed by atoms with Gasteiger partial charge in [-0.1, -0.05) is 18.2 Å². The number of aromatic nitrogens is 2.